The Morgan fingerprint density at radius 1 is 1.42 bits per heavy atom. The van der Waals surface area contributed by atoms with Gasteiger partial charge in [-0.3, -0.25) is 9.32 Å². The van der Waals surface area contributed by atoms with Crippen LogP contribution in [0, 0.1) is 0 Å². The minimum absolute atomic E-state index is 0.0477. The van der Waals surface area contributed by atoms with Gasteiger partial charge in [-0.15, -0.1) is 0 Å². The topological polar surface area (TPSA) is 77.2 Å². The van der Waals surface area contributed by atoms with Crippen molar-refractivity contribution in [2.75, 3.05) is 6.61 Å². The molecule has 1 aromatic rings. The lowest BCUT2D eigenvalue weighted by molar-refractivity contribution is -0.124. The maximum absolute atomic E-state index is 11.7. The van der Waals surface area contributed by atoms with Crippen LogP contribution < -0.4 is 10.1 Å². The van der Waals surface area contributed by atoms with E-state index in [1.54, 1.807) is 0 Å². The molecule has 1 fully saturated rings. The number of carbonyl (C=O) groups excluding carboxylic acids is 1. The van der Waals surface area contributed by atoms with E-state index in [1.165, 1.54) is 12.8 Å². The van der Waals surface area contributed by atoms with E-state index in [9.17, 15) is 4.79 Å². The molecule has 0 aromatic carbocycles. The van der Waals surface area contributed by atoms with Gasteiger partial charge >= 0.3 is 6.08 Å². The summed E-state index contributed by atoms with van der Waals surface area (Å²) in [6.45, 7) is 5.86. The molecule has 106 valence electrons. The standard InChI is InChI=1S/C13H21N3O3/c1-13(2,3)11-15-12(19-16-11)18-8-10(17)14-9-6-4-5-7-9/h9H,4-8H2,1-3H3,(H,14,17). The van der Waals surface area contributed by atoms with Crippen LogP contribution in [-0.2, 0) is 10.2 Å². The fourth-order valence-corrected chi connectivity index (χ4v) is 2.04. The smallest absolute Gasteiger partial charge is 0.417 e. The Morgan fingerprint density at radius 3 is 2.68 bits per heavy atom. The molecule has 2 rings (SSSR count). The van der Waals surface area contributed by atoms with Crippen molar-refractivity contribution in [1.82, 2.24) is 15.5 Å². The number of aromatic nitrogens is 2. The van der Waals surface area contributed by atoms with E-state index in [0.29, 0.717) is 11.9 Å². The molecule has 6 heteroatoms. The van der Waals surface area contributed by atoms with E-state index in [1.807, 2.05) is 20.8 Å². The summed E-state index contributed by atoms with van der Waals surface area (Å²) in [5.41, 5.74) is -0.197. The fraction of sp³-hybridized carbons (Fsp3) is 0.769. The van der Waals surface area contributed by atoms with Crippen LogP contribution in [0.3, 0.4) is 0 Å². The molecule has 1 amide bonds. The zero-order valence-corrected chi connectivity index (χ0v) is 11.7. The SMILES string of the molecule is CC(C)(C)c1noc(OCC(=O)NC2CCCC2)n1. The van der Waals surface area contributed by atoms with Crippen molar-refractivity contribution in [3.8, 4) is 6.08 Å². The second kappa shape index (κ2) is 5.59. The molecular weight excluding hydrogens is 246 g/mol. The lowest BCUT2D eigenvalue weighted by atomic mass is 9.96. The molecule has 1 aromatic heterocycles. The molecule has 1 saturated carbocycles. The molecule has 1 heterocycles. The van der Waals surface area contributed by atoms with Crippen molar-refractivity contribution in [2.24, 2.45) is 0 Å². The Labute approximate surface area is 112 Å². The number of carbonyl (C=O) groups is 1. The highest BCUT2D eigenvalue weighted by Crippen LogP contribution is 2.21. The highest BCUT2D eigenvalue weighted by molar-refractivity contribution is 5.77. The van der Waals surface area contributed by atoms with E-state index in [-0.39, 0.29) is 24.0 Å². The van der Waals surface area contributed by atoms with Crippen LogP contribution >= 0.6 is 0 Å². The summed E-state index contributed by atoms with van der Waals surface area (Å²) in [6, 6.07) is 0.295. The maximum Gasteiger partial charge on any atom is 0.417 e. The summed E-state index contributed by atoms with van der Waals surface area (Å²) in [7, 11) is 0. The van der Waals surface area contributed by atoms with Gasteiger partial charge < -0.3 is 10.1 Å². The molecule has 1 N–H and O–H groups in total. The third-order valence-corrected chi connectivity index (χ3v) is 3.13. The van der Waals surface area contributed by atoms with Crippen LogP contribution in [0.4, 0.5) is 0 Å². The Balaban J connectivity index is 1.78. The lowest BCUT2D eigenvalue weighted by Crippen LogP contribution is -2.36. The fourth-order valence-electron chi connectivity index (χ4n) is 2.04. The molecule has 0 aliphatic heterocycles. The average molecular weight is 267 g/mol. The zero-order valence-electron chi connectivity index (χ0n) is 11.7. The van der Waals surface area contributed by atoms with E-state index < -0.39 is 0 Å². The van der Waals surface area contributed by atoms with Crippen molar-refractivity contribution >= 4 is 5.91 Å². The maximum atomic E-state index is 11.7. The first-order chi connectivity index (χ1) is 8.95. The van der Waals surface area contributed by atoms with Gasteiger partial charge in [-0.1, -0.05) is 38.8 Å². The second-order valence-corrected chi connectivity index (χ2v) is 5.97. The van der Waals surface area contributed by atoms with Crippen LogP contribution in [0.25, 0.3) is 0 Å². The number of nitrogens with zero attached hydrogens (tertiary/aromatic N) is 2. The van der Waals surface area contributed by atoms with Gasteiger partial charge in [0.1, 0.15) is 0 Å². The number of hydrogen-bond donors (Lipinski definition) is 1. The van der Waals surface area contributed by atoms with Gasteiger partial charge in [-0.25, -0.2) is 0 Å². The van der Waals surface area contributed by atoms with Crippen molar-refractivity contribution in [3.05, 3.63) is 5.82 Å². The molecule has 1 aliphatic carbocycles. The molecule has 0 spiro atoms. The number of hydrogen-bond acceptors (Lipinski definition) is 5. The Hall–Kier alpha value is -1.59. The first kappa shape index (κ1) is 13.8. The van der Waals surface area contributed by atoms with Crippen molar-refractivity contribution < 1.29 is 14.1 Å². The van der Waals surface area contributed by atoms with Crippen molar-refractivity contribution in [3.63, 3.8) is 0 Å². The van der Waals surface area contributed by atoms with Crippen LogP contribution in [-0.4, -0.2) is 28.7 Å². The second-order valence-electron chi connectivity index (χ2n) is 5.97. The minimum atomic E-state index is -0.197. The van der Waals surface area contributed by atoms with E-state index in [4.69, 9.17) is 9.26 Å². The predicted molar refractivity (Wildman–Crippen MR) is 68.9 cm³/mol. The molecule has 0 atom stereocenters. The summed E-state index contributed by atoms with van der Waals surface area (Å²) in [5, 5.41) is 6.76. The van der Waals surface area contributed by atoms with Gasteiger partial charge in [-0.2, -0.15) is 4.98 Å². The summed E-state index contributed by atoms with van der Waals surface area (Å²) in [5.74, 6) is 0.432. The number of nitrogens with one attached hydrogen (secondary N) is 1. The van der Waals surface area contributed by atoms with Crippen LogP contribution in [0.1, 0.15) is 52.3 Å². The molecule has 0 saturated heterocycles. The number of ether oxygens (including phenoxy) is 1. The quantitative estimate of drug-likeness (QED) is 0.900. The molecule has 0 radical (unpaired) electrons. The lowest BCUT2D eigenvalue weighted by Gasteiger charge is -2.11. The van der Waals surface area contributed by atoms with Crippen molar-refractivity contribution in [1.29, 1.82) is 0 Å². The molecule has 0 unspecified atom stereocenters. The molecule has 6 nitrogen and oxygen atoms in total. The molecule has 0 bridgehead atoms. The summed E-state index contributed by atoms with van der Waals surface area (Å²) >= 11 is 0. The zero-order chi connectivity index (χ0) is 13.9. The van der Waals surface area contributed by atoms with Gasteiger partial charge in [0.25, 0.3) is 5.91 Å². The third kappa shape index (κ3) is 3.94. The van der Waals surface area contributed by atoms with E-state index >= 15 is 0 Å². The van der Waals surface area contributed by atoms with Crippen LogP contribution in [0.15, 0.2) is 4.52 Å². The van der Waals surface area contributed by atoms with E-state index in [2.05, 4.69) is 15.5 Å². The van der Waals surface area contributed by atoms with Crippen LogP contribution in [0.5, 0.6) is 6.08 Å². The van der Waals surface area contributed by atoms with Gasteiger partial charge in [-0.05, 0) is 12.8 Å². The molecule has 1 aliphatic rings. The number of amides is 1. The highest BCUT2D eigenvalue weighted by atomic mass is 16.6. The Morgan fingerprint density at radius 2 is 2.11 bits per heavy atom. The predicted octanol–water partition coefficient (Wildman–Crippen LogP) is 1.80. The van der Waals surface area contributed by atoms with Gasteiger partial charge in [0, 0.05) is 11.5 Å². The minimum Gasteiger partial charge on any atom is -0.439 e. The van der Waals surface area contributed by atoms with Crippen LogP contribution in [0.2, 0.25) is 0 Å². The summed E-state index contributed by atoms with van der Waals surface area (Å²) < 4.78 is 10.1. The van der Waals surface area contributed by atoms with Crippen molar-refractivity contribution in [2.45, 2.75) is 57.9 Å². The summed E-state index contributed by atoms with van der Waals surface area (Å²) in [6.07, 6.45) is 4.53. The first-order valence-corrected chi connectivity index (χ1v) is 6.71. The Bertz CT molecular complexity index is 431. The van der Waals surface area contributed by atoms with Gasteiger partial charge in [0.2, 0.25) is 0 Å². The number of rotatable bonds is 4. The molecular formula is C13H21N3O3. The average Bonchev–Trinajstić information content (AvgIpc) is 2.95. The Kier molecular flexibility index (Phi) is 4.07. The third-order valence-electron chi connectivity index (χ3n) is 3.13. The monoisotopic (exact) mass is 267 g/mol. The largest absolute Gasteiger partial charge is 0.439 e. The normalized spacial score (nSPS) is 16.6. The highest BCUT2D eigenvalue weighted by Gasteiger charge is 2.22. The first-order valence-electron chi connectivity index (χ1n) is 6.71. The molecule has 19 heavy (non-hydrogen) atoms. The van der Waals surface area contributed by atoms with E-state index in [0.717, 1.165) is 12.8 Å². The van der Waals surface area contributed by atoms with Gasteiger partial charge in [0.15, 0.2) is 12.4 Å². The van der Waals surface area contributed by atoms with Gasteiger partial charge in [0.05, 0.1) is 0 Å². The summed E-state index contributed by atoms with van der Waals surface area (Å²) in [4.78, 5) is 15.8.